The average molecular weight is 1600 g/mol. The van der Waals surface area contributed by atoms with Gasteiger partial charge in [0.15, 0.2) is 0 Å². The number of imidazole rings is 1. The second-order valence-electron chi connectivity index (χ2n) is 43.7. The predicted octanol–water partition coefficient (Wildman–Crippen LogP) is 31.3. The fraction of sp³-hybridized carbons (Fsp3) is 0.322. The number of rotatable bonds is 11. The summed E-state index contributed by atoms with van der Waals surface area (Å²) in [6, 6.07) is 90.3. The van der Waals surface area contributed by atoms with Crippen LogP contribution in [0.1, 0.15) is 241 Å². The van der Waals surface area contributed by atoms with Gasteiger partial charge < -0.3 is 18.4 Å². The molecule has 0 saturated heterocycles. The molecule has 16 aromatic rings. The summed E-state index contributed by atoms with van der Waals surface area (Å²) in [6.45, 7) is 59.7. The normalized spacial score (nSPS) is 13.6. The van der Waals surface area contributed by atoms with Crippen LogP contribution in [-0.2, 0) is 55.7 Å². The first-order valence-electron chi connectivity index (χ1n) is 45.0. The van der Waals surface area contributed by atoms with Crippen LogP contribution in [0.4, 0.5) is 0 Å². The number of benzene rings is 12. The first-order chi connectivity index (χ1) is 57.7. The molecule has 0 bridgehead atoms. The third-order valence-corrected chi connectivity index (χ3v) is 25.1. The Balaban J connectivity index is 0.995. The molecular formula is C115H125N5O. The molecule has 0 aliphatic carbocycles. The zero-order valence-electron chi connectivity index (χ0n) is 79.8. The first-order valence-corrected chi connectivity index (χ1v) is 43.5. The van der Waals surface area contributed by atoms with Crippen LogP contribution in [0, 0.1) is 6.33 Å². The van der Waals surface area contributed by atoms with Crippen molar-refractivity contribution in [3.8, 4) is 95.5 Å². The van der Waals surface area contributed by atoms with Gasteiger partial charge in [-0.2, -0.15) is 0 Å². The number of nitrogens with zero attached hydrogens (tertiary/aromatic N) is 5. The molecule has 121 heavy (non-hydrogen) atoms. The number of hydrogen-bond donors (Lipinski definition) is 0. The minimum absolute atomic E-state index is 0.0941. The predicted molar refractivity (Wildman–Crippen MR) is 517 cm³/mol. The van der Waals surface area contributed by atoms with Gasteiger partial charge in [-0.1, -0.05) is 363 Å². The number of ether oxygens (including phenoxy) is 1. The molecule has 0 N–H and O–H groups in total. The van der Waals surface area contributed by atoms with E-state index < -0.39 is 6.98 Å². The molecule has 6 nitrogen and oxygen atoms in total. The van der Waals surface area contributed by atoms with Crippen molar-refractivity contribution in [3.63, 3.8) is 0 Å². The molecule has 16 rings (SSSR count). The molecule has 0 aliphatic rings. The SMILES string of the molecule is [2H]C([2H])([2H])[n+]1[c-]n(-c2cccc(Oc3ccc4c5ccccc5n(-c5cc(C(C)(C)C)ccn5)c4c3)c2)c2cccc(-n3c4cc(-c5c(-c6cc(C(C)(C)C)cc(C(C)(C)C)c6)cccc5-c5cc(C(C)(C)C)cc(C(C)(C)C)c5)ccc4c4ccc(-c5c(-c6cc(C(C)(C)C)cc(C(C)(C)C)c6)cccc5-c5cc(C(C)(C)C)cc(C(C)(C)C)c5)cc43)c21. The molecule has 0 unspecified atom stereocenters. The largest absolute Gasteiger partial charge is 0.458 e. The molecule has 616 valence electrons. The zero-order chi connectivity index (χ0) is 89.2. The van der Waals surface area contributed by atoms with Gasteiger partial charge in [0, 0.05) is 39.5 Å². The van der Waals surface area contributed by atoms with E-state index >= 15 is 0 Å². The van der Waals surface area contributed by atoms with E-state index in [9.17, 15) is 4.11 Å². The van der Waals surface area contributed by atoms with Gasteiger partial charge in [0.25, 0.3) is 0 Å². The summed E-state index contributed by atoms with van der Waals surface area (Å²) in [5, 5.41) is 4.24. The average Bonchev–Trinajstić information content (AvgIpc) is 1.57. The maximum atomic E-state index is 9.75. The summed E-state index contributed by atoms with van der Waals surface area (Å²) in [6.07, 6.45) is 5.41. The van der Waals surface area contributed by atoms with Crippen LogP contribution in [-0.4, -0.2) is 18.7 Å². The van der Waals surface area contributed by atoms with Gasteiger partial charge in [0.2, 0.25) is 6.33 Å². The second-order valence-corrected chi connectivity index (χ2v) is 43.7. The van der Waals surface area contributed by atoms with E-state index in [1.54, 1.807) is 0 Å². The number of para-hydroxylation sites is 2. The topological polar surface area (TPSA) is 40.8 Å². The third kappa shape index (κ3) is 15.9. The standard InChI is InChI=1S/C115H125N5O/c1-107(2,3)77-51-52-116-103(67-77)120-97-42-30-29-37-93(97)96-50-47-88(69-102(96)120)121-87-36-31-35-86(68-87)118-70-117(28)106-98(118)43-34-44-99(106)119-100-61-71(104-89(73-53-78(108(4,5)6)63-79(54-73)109(7,8)9)38-32-39-90(104)74-55-80(110(10,11)12)64-81(56-74)111(13,14)15)45-48-94(100)95-49-46-72(62-101(95)119)105-91(75-57-82(112(16,17)18)65-83(58-75)113(19,20)21)40-33-41-92(105)76-59-84(114(22,23)24)66-85(60-76)115(25,26)27/h29-69H,1-28H3/i28D3. The molecule has 12 aromatic carbocycles. The lowest BCUT2D eigenvalue weighted by molar-refractivity contribution is -0.649. The fourth-order valence-corrected chi connectivity index (χ4v) is 17.5. The van der Waals surface area contributed by atoms with Crippen molar-refractivity contribution in [1.29, 1.82) is 0 Å². The Hall–Kier alpha value is -11.3. The molecule has 0 fully saturated rings. The third-order valence-electron chi connectivity index (χ3n) is 25.1. The van der Waals surface area contributed by atoms with Gasteiger partial charge in [0.1, 0.15) is 17.3 Å². The monoisotopic (exact) mass is 1600 g/mol. The fourth-order valence-electron chi connectivity index (χ4n) is 17.5. The lowest BCUT2D eigenvalue weighted by atomic mass is 9.76. The van der Waals surface area contributed by atoms with Crippen LogP contribution < -0.4 is 9.30 Å². The second kappa shape index (κ2) is 29.5. The molecule has 4 heterocycles. The number of hydrogen-bond acceptors (Lipinski definition) is 2. The molecule has 0 saturated carbocycles. The maximum Gasteiger partial charge on any atom is 0.244 e. The molecule has 0 amide bonds. The minimum Gasteiger partial charge on any atom is -0.458 e. The molecule has 4 aromatic heterocycles. The van der Waals surface area contributed by atoms with E-state index in [1.165, 1.54) is 54.6 Å². The molecule has 0 aliphatic heterocycles. The van der Waals surface area contributed by atoms with Crippen molar-refractivity contribution in [2.75, 3.05) is 0 Å². The molecule has 0 atom stereocenters. The summed E-state index contributed by atoms with van der Waals surface area (Å²) in [7, 11) is 0. The van der Waals surface area contributed by atoms with Crippen LogP contribution in [0.3, 0.4) is 0 Å². The number of pyridine rings is 1. The van der Waals surface area contributed by atoms with E-state index in [-0.39, 0.29) is 48.7 Å². The van der Waals surface area contributed by atoms with Crippen LogP contribution in [0.5, 0.6) is 11.5 Å². The van der Waals surface area contributed by atoms with Crippen LogP contribution >= 0.6 is 0 Å². The highest BCUT2D eigenvalue weighted by Crippen LogP contribution is 2.51. The van der Waals surface area contributed by atoms with Gasteiger partial charge in [-0.05, 0) is 226 Å². The molecule has 0 spiro atoms. The summed E-state index contributed by atoms with van der Waals surface area (Å²) < 4.78 is 44.1. The number of aromatic nitrogens is 5. The Kier molecular flexibility index (Phi) is 19.4. The zero-order valence-corrected chi connectivity index (χ0v) is 76.8. The van der Waals surface area contributed by atoms with E-state index in [2.05, 4.69) is 409 Å². The Morgan fingerprint density at radius 3 is 1.05 bits per heavy atom. The van der Waals surface area contributed by atoms with Crippen molar-refractivity contribution in [2.45, 2.75) is 236 Å². The lowest BCUT2D eigenvalue weighted by Gasteiger charge is -2.28. The molecule has 6 heteroatoms. The van der Waals surface area contributed by atoms with Gasteiger partial charge in [-0.25, -0.2) is 4.98 Å². The molecule has 0 radical (unpaired) electrons. The van der Waals surface area contributed by atoms with Gasteiger partial charge >= 0.3 is 0 Å². The Labute approximate surface area is 725 Å². The van der Waals surface area contributed by atoms with Crippen LogP contribution in [0.25, 0.3) is 139 Å². The van der Waals surface area contributed by atoms with Crippen molar-refractivity contribution in [2.24, 2.45) is 6.98 Å². The number of aryl methyl sites for hydroxylation is 1. The van der Waals surface area contributed by atoms with E-state index in [1.807, 2.05) is 47.2 Å². The van der Waals surface area contributed by atoms with Crippen molar-refractivity contribution >= 4 is 54.6 Å². The van der Waals surface area contributed by atoms with Crippen molar-refractivity contribution in [3.05, 3.63) is 305 Å². The Morgan fingerprint density at radius 2 is 0.645 bits per heavy atom. The smallest absolute Gasteiger partial charge is 0.244 e. The highest BCUT2D eigenvalue weighted by molar-refractivity contribution is 6.14. The van der Waals surface area contributed by atoms with Crippen LogP contribution in [0.15, 0.2) is 249 Å². The van der Waals surface area contributed by atoms with Gasteiger partial charge in [-0.15, -0.1) is 0 Å². The summed E-state index contributed by atoms with van der Waals surface area (Å²) >= 11 is 0. The van der Waals surface area contributed by atoms with E-state index in [0.29, 0.717) is 33.9 Å². The van der Waals surface area contributed by atoms with E-state index in [0.717, 1.165) is 116 Å². The lowest BCUT2D eigenvalue weighted by Crippen LogP contribution is -2.27. The Bertz CT molecular complexity index is 6350. The first kappa shape index (κ1) is 79.4. The van der Waals surface area contributed by atoms with Gasteiger partial charge in [-0.3, -0.25) is 4.57 Å². The number of fused-ring (bicyclic) bond motifs is 7. The van der Waals surface area contributed by atoms with Crippen molar-refractivity contribution in [1.82, 2.24) is 18.7 Å². The minimum atomic E-state index is -2.72. The highest BCUT2D eigenvalue weighted by atomic mass is 16.5. The highest BCUT2D eigenvalue weighted by Gasteiger charge is 2.32. The summed E-state index contributed by atoms with van der Waals surface area (Å²) in [5.74, 6) is 2.04. The van der Waals surface area contributed by atoms with Crippen molar-refractivity contribution < 1.29 is 13.4 Å². The summed E-state index contributed by atoms with van der Waals surface area (Å²) in [5.41, 5.74) is 29.7. The molecular weight excluding hydrogens is 1470 g/mol. The maximum absolute atomic E-state index is 9.75. The quantitative estimate of drug-likeness (QED) is 0.0956. The van der Waals surface area contributed by atoms with Crippen LogP contribution in [0.2, 0.25) is 0 Å². The van der Waals surface area contributed by atoms with E-state index in [4.69, 9.17) is 9.72 Å². The van der Waals surface area contributed by atoms with Gasteiger partial charge in [0.05, 0.1) is 49.9 Å². The Morgan fingerprint density at radius 1 is 0.289 bits per heavy atom. The summed E-state index contributed by atoms with van der Waals surface area (Å²) in [4.78, 5) is 4.98.